The maximum absolute atomic E-state index is 11.9. The van der Waals surface area contributed by atoms with Crippen LogP contribution in [0.4, 0.5) is 13.2 Å². The van der Waals surface area contributed by atoms with Crippen LogP contribution < -0.4 is 5.32 Å². The van der Waals surface area contributed by atoms with Crippen molar-refractivity contribution in [2.75, 3.05) is 13.1 Å². The molecule has 0 radical (unpaired) electrons. The van der Waals surface area contributed by atoms with Gasteiger partial charge < -0.3 is 10.4 Å². The Balaban J connectivity index is 3.90. The molecule has 1 unspecified atom stereocenters. The zero-order chi connectivity index (χ0) is 12.3. The van der Waals surface area contributed by atoms with Crippen LogP contribution >= 0.6 is 0 Å². The third-order valence-electron chi connectivity index (χ3n) is 2.86. The van der Waals surface area contributed by atoms with Crippen molar-refractivity contribution in [1.82, 2.24) is 5.32 Å². The van der Waals surface area contributed by atoms with Crippen LogP contribution in [0.25, 0.3) is 0 Å². The Morgan fingerprint density at radius 1 is 1.20 bits per heavy atom. The number of aliphatic hydroxyl groups excluding tert-OH is 1. The van der Waals surface area contributed by atoms with Gasteiger partial charge in [0.25, 0.3) is 0 Å². The first kappa shape index (κ1) is 14.7. The van der Waals surface area contributed by atoms with Gasteiger partial charge in [-0.1, -0.05) is 27.7 Å². The molecule has 0 heterocycles. The Bertz CT molecular complexity index is 190. The van der Waals surface area contributed by atoms with E-state index in [1.807, 2.05) is 27.7 Å². The van der Waals surface area contributed by atoms with Crippen LogP contribution in [-0.2, 0) is 0 Å². The highest BCUT2D eigenvalue weighted by atomic mass is 19.4. The highest BCUT2D eigenvalue weighted by Gasteiger charge is 2.38. The lowest BCUT2D eigenvalue weighted by atomic mass is 9.81. The second-order valence-electron chi connectivity index (χ2n) is 4.83. The fraction of sp³-hybridized carbons (Fsp3) is 1.00. The molecule has 0 saturated carbocycles. The van der Waals surface area contributed by atoms with Gasteiger partial charge in [0, 0.05) is 13.1 Å². The highest BCUT2D eigenvalue weighted by Crippen LogP contribution is 2.25. The number of nitrogens with one attached hydrogen (secondary N) is 1. The lowest BCUT2D eigenvalue weighted by molar-refractivity contribution is -0.202. The highest BCUT2D eigenvalue weighted by molar-refractivity contribution is 4.77. The minimum atomic E-state index is -4.53. The molecule has 2 N–H and O–H groups in total. The average molecular weight is 227 g/mol. The van der Waals surface area contributed by atoms with E-state index in [4.69, 9.17) is 5.11 Å². The molecular weight excluding hydrogens is 207 g/mol. The van der Waals surface area contributed by atoms with E-state index in [1.165, 1.54) is 0 Å². The van der Waals surface area contributed by atoms with E-state index in [2.05, 4.69) is 5.32 Å². The van der Waals surface area contributed by atoms with Crippen molar-refractivity contribution in [2.45, 2.75) is 40.0 Å². The molecule has 15 heavy (non-hydrogen) atoms. The molecule has 92 valence electrons. The topological polar surface area (TPSA) is 32.3 Å². The molecule has 1 atom stereocenters. The number of hydrogen-bond acceptors (Lipinski definition) is 2. The molecule has 5 heteroatoms. The predicted molar refractivity (Wildman–Crippen MR) is 53.6 cm³/mol. The van der Waals surface area contributed by atoms with Gasteiger partial charge in [0.1, 0.15) is 0 Å². The summed E-state index contributed by atoms with van der Waals surface area (Å²) in [7, 11) is 0. The Labute approximate surface area is 88.9 Å². The summed E-state index contributed by atoms with van der Waals surface area (Å²) in [5.74, 6) is 0.369. The summed E-state index contributed by atoms with van der Waals surface area (Å²) in [6.07, 6.45) is -6.81. The minimum absolute atomic E-state index is 0.0781. The molecule has 0 spiro atoms. The van der Waals surface area contributed by atoms with Crippen molar-refractivity contribution in [1.29, 1.82) is 0 Å². The lowest BCUT2D eigenvalue weighted by Gasteiger charge is -2.30. The predicted octanol–water partition coefficient (Wildman–Crippen LogP) is 2.18. The molecule has 0 bridgehead atoms. The standard InChI is InChI=1S/C10H20F3NO/c1-7(2)9(3,4)6-14-5-8(15)10(11,12)13/h7-8,14-15H,5-6H2,1-4H3. The molecule has 0 aromatic carbocycles. The smallest absolute Gasteiger partial charge is 0.382 e. The third-order valence-corrected chi connectivity index (χ3v) is 2.86. The van der Waals surface area contributed by atoms with E-state index in [0.29, 0.717) is 12.5 Å². The zero-order valence-electron chi connectivity index (χ0n) is 9.65. The van der Waals surface area contributed by atoms with Crippen LogP contribution in [0.2, 0.25) is 0 Å². The first-order valence-electron chi connectivity index (χ1n) is 5.03. The average Bonchev–Trinajstić information content (AvgIpc) is 2.01. The van der Waals surface area contributed by atoms with Gasteiger partial charge in [-0.2, -0.15) is 13.2 Å². The van der Waals surface area contributed by atoms with Crippen LogP contribution in [0, 0.1) is 11.3 Å². The van der Waals surface area contributed by atoms with Gasteiger partial charge in [0.2, 0.25) is 0 Å². The van der Waals surface area contributed by atoms with Gasteiger partial charge in [-0.05, 0) is 11.3 Å². The Morgan fingerprint density at radius 2 is 1.67 bits per heavy atom. The summed E-state index contributed by atoms with van der Waals surface area (Å²) < 4.78 is 35.8. The van der Waals surface area contributed by atoms with E-state index in [1.54, 1.807) is 0 Å². The molecule has 0 aromatic heterocycles. The molecule has 0 rings (SSSR count). The Kier molecular flexibility index (Phi) is 5.06. The van der Waals surface area contributed by atoms with E-state index >= 15 is 0 Å². The molecule has 0 aliphatic rings. The molecule has 0 aliphatic heterocycles. The van der Waals surface area contributed by atoms with Crippen molar-refractivity contribution < 1.29 is 18.3 Å². The summed E-state index contributed by atoms with van der Waals surface area (Å²) in [6.45, 7) is 8.00. The van der Waals surface area contributed by atoms with Crippen LogP contribution in [0.5, 0.6) is 0 Å². The fourth-order valence-electron chi connectivity index (χ4n) is 0.851. The van der Waals surface area contributed by atoms with E-state index in [0.717, 1.165) is 0 Å². The molecule has 0 fully saturated rings. The van der Waals surface area contributed by atoms with Crippen LogP contribution in [-0.4, -0.2) is 30.5 Å². The van der Waals surface area contributed by atoms with Gasteiger partial charge in [-0.15, -0.1) is 0 Å². The summed E-state index contributed by atoms with van der Waals surface area (Å²) in [5, 5.41) is 11.4. The first-order valence-corrected chi connectivity index (χ1v) is 5.03. The fourth-order valence-corrected chi connectivity index (χ4v) is 0.851. The SMILES string of the molecule is CC(C)C(C)(C)CNCC(O)C(F)(F)F. The van der Waals surface area contributed by atoms with Gasteiger partial charge in [0.15, 0.2) is 6.10 Å². The molecule has 0 aliphatic carbocycles. The van der Waals surface area contributed by atoms with Gasteiger partial charge in [-0.25, -0.2) is 0 Å². The number of alkyl halides is 3. The zero-order valence-corrected chi connectivity index (χ0v) is 9.65. The Morgan fingerprint density at radius 3 is 2.00 bits per heavy atom. The van der Waals surface area contributed by atoms with Gasteiger partial charge >= 0.3 is 6.18 Å². The molecule has 0 aromatic rings. The monoisotopic (exact) mass is 227 g/mol. The maximum Gasteiger partial charge on any atom is 0.415 e. The van der Waals surface area contributed by atoms with Gasteiger partial charge in [-0.3, -0.25) is 0 Å². The second kappa shape index (κ2) is 5.16. The summed E-state index contributed by atoms with van der Waals surface area (Å²) in [5.41, 5.74) is -0.0781. The molecule has 0 saturated heterocycles. The number of halogens is 3. The maximum atomic E-state index is 11.9. The van der Waals surface area contributed by atoms with Gasteiger partial charge in [0.05, 0.1) is 0 Å². The van der Waals surface area contributed by atoms with Crippen molar-refractivity contribution in [2.24, 2.45) is 11.3 Å². The minimum Gasteiger partial charge on any atom is -0.382 e. The first-order chi connectivity index (χ1) is 6.57. The third kappa shape index (κ3) is 5.37. The summed E-state index contributed by atoms with van der Waals surface area (Å²) in [6, 6.07) is 0. The van der Waals surface area contributed by atoms with Crippen molar-refractivity contribution in [3.8, 4) is 0 Å². The van der Waals surface area contributed by atoms with Crippen molar-refractivity contribution >= 4 is 0 Å². The van der Waals surface area contributed by atoms with E-state index < -0.39 is 18.8 Å². The summed E-state index contributed by atoms with van der Waals surface area (Å²) in [4.78, 5) is 0. The van der Waals surface area contributed by atoms with Crippen molar-refractivity contribution in [3.05, 3.63) is 0 Å². The Hall–Kier alpha value is -0.290. The molecule has 2 nitrogen and oxygen atoms in total. The number of rotatable bonds is 5. The van der Waals surface area contributed by atoms with Crippen LogP contribution in [0.3, 0.4) is 0 Å². The van der Waals surface area contributed by atoms with E-state index in [-0.39, 0.29) is 5.41 Å². The number of aliphatic hydroxyl groups is 1. The largest absolute Gasteiger partial charge is 0.415 e. The van der Waals surface area contributed by atoms with Crippen LogP contribution in [0.15, 0.2) is 0 Å². The van der Waals surface area contributed by atoms with Crippen LogP contribution in [0.1, 0.15) is 27.7 Å². The normalized spacial score (nSPS) is 15.8. The quantitative estimate of drug-likeness (QED) is 0.754. The lowest BCUT2D eigenvalue weighted by Crippen LogP contribution is -2.42. The second-order valence-corrected chi connectivity index (χ2v) is 4.83. The van der Waals surface area contributed by atoms with E-state index in [9.17, 15) is 13.2 Å². The summed E-state index contributed by atoms with van der Waals surface area (Å²) >= 11 is 0. The molecule has 0 amide bonds. The van der Waals surface area contributed by atoms with Crippen molar-refractivity contribution in [3.63, 3.8) is 0 Å². The number of hydrogen-bond donors (Lipinski definition) is 2. The molecular formula is C10H20F3NO.